The van der Waals surface area contributed by atoms with Crippen molar-refractivity contribution in [2.24, 2.45) is 5.73 Å². The van der Waals surface area contributed by atoms with Crippen LogP contribution in [0.1, 0.15) is 18.9 Å². The molecule has 2 unspecified atom stereocenters. The molecule has 0 aliphatic rings. The van der Waals surface area contributed by atoms with Crippen LogP contribution in [0.4, 0.5) is 10.1 Å². The Balaban J connectivity index is 2.81. The van der Waals surface area contributed by atoms with E-state index in [0.29, 0.717) is 11.4 Å². The fourth-order valence-corrected chi connectivity index (χ4v) is 2.47. The first-order chi connectivity index (χ1) is 8.41. The Kier molecular flexibility index (Phi) is 5.68. The smallest absolute Gasteiger partial charge is 0.135 e. The molecule has 3 N–H and O–H groups in total. The summed E-state index contributed by atoms with van der Waals surface area (Å²) in [5.74, 6) is 0.171. The number of nitrogens with two attached hydrogens (primary N) is 1. The van der Waals surface area contributed by atoms with Crippen molar-refractivity contribution in [1.82, 2.24) is 0 Å². The van der Waals surface area contributed by atoms with E-state index in [1.165, 1.54) is 6.07 Å². The molecule has 0 saturated heterocycles. The molecule has 100 valence electrons. The number of rotatable bonds is 6. The lowest BCUT2D eigenvalue weighted by Crippen LogP contribution is -2.22. The molecule has 0 heterocycles. The van der Waals surface area contributed by atoms with Crippen LogP contribution in [-0.2, 0) is 10.8 Å². The molecule has 3 nitrogen and oxygen atoms in total. The highest BCUT2D eigenvalue weighted by Crippen LogP contribution is 2.20. The van der Waals surface area contributed by atoms with E-state index >= 15 is 0 Å². The third-order valence-electron chi connectivity index (χ3n) is 2.50. The van der Waals surface area contributed by atoms with Gasteiger partial charge in [-0.15, -0.1) is 0 Å². The SMILES string of the molecule is CC(CCS(C)=O)Nc1cccc(F)c1C(N)=S. The van der Waals surface area contributed by atoms with Gasteiger partial charge >= 0.3 is 0 Å². The monoisotopic (exact) mass is 288 g/mol. The summed E-state index contributed by atoms with van der Waals surface area (Å²) in [6, 6.07) is 4.73. The average Bonchev–Trinajstić information content (AvgIpc) is 2.26. The fourth-order valence-electron chi connectivity index (χ4n) is 1.58. The van der Waals surface area contributed by atoms with E-state index in [9.17, 15) is 8.60 Å². The molecule has 0 amide bonds. The molecule has 18 heavy (non-hydrogen) atoms. The molecule has 1 aromatic carbocycles. The van der Waals surface area contributed by atoms with E-state index in [1.54, 1.807) is 18.4 Å². The van der Waals surface area contributed by atoms with Gasteiger partial charge in [-0.1, -0.05) is 18.3 Å². The van der Waals surface area contributed by atoms with Crippen LogP contribution >= 0.6 is 12.2 Å². The molecule has 0 bridgehead atoms. The van der Waals surface area contributed by atoms with Crippen LogP contribution in [0.5, 0.6) is 0 Å². The molecule has 6 heteroatoms. The maximum atomic E-state index is 13.6. The predicted octanol–water partition coefficient (Wildman–Crippen LogP) is 2.03. The Labute approximate surface area is 114 Å². The van der Waals surface area contributed by atoms with Crippen LogP contribution in [0, 0.1) is 5.82 Å². The molecule has 0 aliphatic heterocycles. The number of benzene rings is 1. The highest BCUT2D eigenvalue weighted by molar-refractivity contribution is 7.84. The first kappa shape index (κ1) is 15.0. The molecule has 0 aromatic heterocycles. The topological polar surface area (TPSA) is 55.1 Å². The van der Waals surface area contributed by atoms with Gasteiger partial charge in [-0.25, -0.2) is 4.39 Å². The Hall–Kier alpha value is -1.01. The molecular weight excluding hydrogens is 271 g/mol. The minimum Gasteiger partial charge on any atom is -0.389 e. The van der Waals surface area contributed by atoms with Gasteiger partial charge in [0.15, 0.2) is 0 Å². The summed E-state index contributed by atoms with van der Waals surface area (Å²) >= 11 is 4.85. The van der Waals surface area contributed by atoms with Gasteiger partial charge in [-0.3, -0.25) is 4.21 Å². The van der Waals surface area contributed by atoms with E-state index < -0.39 is 16.6 Å². The molecule has 1 aromatic rings. The Bertz CT molecular complexity index is 465. The van der Waals surface area contributed by atoms with E-state index in [-0.39, 0.29) is 16.6 Å². The Morgan fingerprint density at radius 3 is 2.83 bits per heavy atom. The number of anilines is 1. The average molecular weight is 288 g/mol. The van der Waals surface area contributed by atoms with Crippen molar-refractivity contribution in [3.63, 3.8) is 0 Å². The van der Waals surface area contributed by atoms with Gasteiger partial charge in [-0.05, 0) is 25.5 Å². The number of nitrogens with one attached hydrogen (secondary N) is 1. The molecule has 2 atom stereocenters. The van der Waals surface area contributed by atoms with E-state index in [1.807, 2.05) is 6.92 Å². The van der Waals surface area contributed by atoms with Crippen LogP contribution < -0.4 is 11.1 Å². The van der Waals surface area contributed by atoms with Crippen LogP contribution in [-0.4, -0.2) is 27.2 Å². The molecule has 0 fully saturated rings. The highest BCUT2D eigenvalue weighted by atomic mass is 32.2. The van der Waals surface area contributed by atoms with Gasteiger partial charge in [0, 0.05) is 34.5 Å². The second-order valence-corrected chi connectivity index (χ2v) is 6.13. The summed E-state index contributed by atoms with van der Waals surface area (Å²) in [4.78, 5) is 0.0295. The lowest BCUT2D eigenvalue weighted by molar-refractivity contribution is 0.625. The van der Waals surface area contributed by atoms with Gasteiger partial charge in [-0.2, -0.15) is 0 Å². The van der Waals surface area contributed by atoms with Crippen molar-refractivity contribution in [2.75, 3.05) is 17.3 Å². The molecule has 0 spiro atoms. The maximum Gasteiger partial charge on any atom is 0.135 e. The van der Waals surface area contributed by atoms with E-state index in [2.05, 4.69) is 5.32 Å². The zero-order valence-corrected chi connectivity index (χ0v) is 12.0. The first-order valence-corrected chi connectivity index (χ1v) is 7.70. The van der Waals surface area contributed by atoms with Crippen molar-refractivity contribution < 1.29 is 8.60 Å². The Morgan fingerprint density at radius 1 is 1.61 bits per heavy atom. The van der Waals surface area contributed by atoms with Gasteiger partial charge in [0.05, 0.1) is 5.56 Å². The summed E-state index contributed by atoms with van der Waals surface area (Å²) in [7, 11) is -0.827. The maximum absolute atomic E-state index is 13.6. The van der Waals surface area contributed by atoms with Gasteiger partial charge in [0.2, 0.25) is 0 Å². The zero-order chi connectivity index (χ0) is 13.7. The van der Waals surface area contributed by atoms with E-state index in [4.69, 9.17) is 18.0 Å². The zero-order valence-electron chi connectivity index (χ0n) is 10.4. The van der Waals surface area contributed by atoms with Gasteiger partial charge in [0.1, 0.15) is 10.8 Å². The lowest BCUT2D eigenvalue weighted by atomic mass is 10.1. The predicted molar refractivity (Wildman–Crippen MR) is 78.9 cm³/mol. The standard InChI is InChI=1S/C12H17FN2OS2/c1-8(6-7-18(2)16)15-10-5-3-4-9(13)11(10)12(14)17/h3-5,8,15H,6-7H2,1-2H3,(H2,14,17). The fraction of sp³-hybridized carbons (Fsp3) is 0.417. The largest absolute Gasteiger partial charge is 0.389 e. The normalized spacial score (nSPS) is 13.9. The quantitative estimate of drug-likeness (QED) is 0.787. The number of thiocarbonyl (C=S) groups is 1. The number of hydrogen-bond acceptors (Lipinski definition) is 3. The summed E-state index contributed by atoms with van der Waals surface area (Å²) in [6.45, 7) is 1.95. The Morgan fingerprint density at radius 2 is 2.28 bits per heavy atom. The van der Waals surface area contributed by atoms with Crippen LogP contribution in [0.3, 0.4) is 0 Å². The van der Waals surface area contributed by atoms with Crippen molar-refractivity contribution in [3.8, 4) is 0 Å². The van der Waals surface area contributed by atoms with E-state index in [0.717, 1.165) is 6.42 Å². The van der Waals surface area contributed by atoms with Crippen molar-refractivity contribution in [3.05, 3.63) is 29.6 Å². The summed E-state index contributed by atoms with van der Waals surface area (Å²) in [5, 5.41) is 3.15. The van der Waals surface area contributed by atoms with Crippen LogP contribution in [0.25, 0.3) is 0 Å². The molecule has 0 radical (unpaired) electrons. The van der Waals surface area contributed by atoms with Crippen molar-refractivity contribution >= 4 is 33.7 Å². The van der Waals surface area contributed by atoms with Crippen molar-refractivity contribution in [1.29, 1.82) is 0 Å². The minimum absolute atomic E-state index is 0.0295. The second kappa shape index (κ2) is 6.80. The summed E-state index contributed by atoms with van der Waals surface area (Å²) < 4.78 is 24.6. The third kappa shape index (κ3) is 4.34. The molecular formula is C12H17FN2OS2. The lowest BCUT2D eigenvalue weighted by Gasteiger charge is -2.17. The third-order valence-corrected chi connectivity index (χ3v) is 3.51. The number of hydrogen-bond donors (Lipinski definition) is 2. The van der Waals surface area contributed by atoms with Crippen LogP contribution in [0.15, 0.2) is 18.2 Å². The second-order valence-electron chi connectivity index (χ2n) is 4.14. The molecule has 0 aliphatic carbocycles. The first-order valence-electron chi connectivity index (χ1n) is 5.56. The van der Waals surface area contributed by atoms with Crippen LogP contribution in [0.2, 0.25) is 0 Å². The molecule has 1 rings (SSSR count). The van der Waals surface area contributed by atoms with Gasteiger partial charge < -0.3 is 11.1 Å². The summed E-state index contributed by atoms with van der Waals surface area (Å²) in [5.41, 5.74) is 6.33. The van der Waals surface area contributed by atoms with Crippen molar-refractivity contribution in [2.45, 2.75) is 19.4 Å². The molecule has 0 saturated carbocycles. The minimum atomic E-state index is -0.827. The summed E-state index contributed by atoms with van der Waals surface area (Å²) in [6.07, 6.45) is 2.39. The van der Waals surface area contributed by atoms with Gasteiger partial charge in [0.25, 0.3) is 0 Å². The highest BCUT2D eigenvalue weighted by Gasteiger charge is 2.13. The number of halogens is 1.